The van der Waals surface area contributed by atoms with Crippen LogP contribution in [0.2, 0.25) is 0 Å². The topological polar surface area (TPSA) is 66.8 Å². The lowest BCUT2D eigenvalue weighted by molar-refractivity contribution is -0.134. The molecule has 96 valence electrons. The van der Waals surface area contributed by atoms with Crippen molar-refractivity contribution >= 4 is 5.97 Å². The zero-order valence-electron chi connectivity index (χ0n) is 10.7. The second-order valence-electron chi connectivity index (χ2n) is 3.91. The lowest BCUT2D eigenvalue weighted by Crippen LogP contribution is -1.95. The first kappa shape index (κ1) is 15.4. The predicted octanol–water partition coefficient (Wildman–Crippen LogP) is 2.40. The van der Waals surface area contributed by atoms with Crippen molar-refractivity contribution in [2.75, 3.05) is 7.11 Å². The van der Waals surface area contributed by atoms with Crippen molar-refractivity contribution in [1.29, 1.82) is 0 Å². The summed E-state index contributed by atoms with van der Waals surface area (Å²) in [6.07, 6.45) is 0. The normalized spacial score (nSPS) is 9.53. The molecule has 4 heteroatoms. The molecule has 0 bridgehead atoms. The molecule has 0 saturated heterocycles. The number of carboxylic acids is 1. The second kappa shape index (κ2) is 7.68. The fourth-order valence-corrected chi connectivity index (χ4v) is 1.33. The van der Waals surface area contributed by atoms with Gasteiger partial charge in [-0.3, -0.25) is 4.79 Å². The molecule has 0 amide bonds. The van der Waals surface area contributed by atoms with E-state index in [1.54, 1.807) is 7.11 Å². The van der Waals surface area contributed by atoms with Crippen LogP contribution in [0.4, 0.5) is 0 Å². The highest BCUT2D eigenvalue weighted by molar-refractivity contribution is 5.62. The Balaban J connectivity index is 0.000000557. The van der Waals surface area contributed by atoms with E-state index in [4.69, 9.17) is 19.7 Å². The number of hydrogen-bond acceptors (Lipinski definition) is 3. The van der Waals surface area contributed by atoms with Gasteiger partial charge in [0.05, 0.1) is 13.7 Å². The average molecular weight is 240 g/mol. The monoisotopic (exact) mass is 240 g/mol. The summed E-state index contributed by atoms with van der Waals surface area (Å²) in [6, 6.07) is 5.82. The van der Waals surface area contributed by atoms with Crippen LogP contribution in [0.15, 0.2) is 18.2 Å². The highest BCUT2D eigenvalue weighted by atomic mass is 16.5. The minimum Gasteiger partial charge on any atom is -0.496 e. The van der Waals surface area contributed by atoms with E-state index in [1.807, 2.05) is 18.2 Å². The van der Waals surface area contributed by atoms with Crippen LogP contribution in [0.1, 0.15) is 37.8 Å². The molecule has 0 radical (unpaired) electrons. The Labute approximate surface area is 102 Å². The van der Waals surface area contributed by atoms with Gasteiger partial charge in [-0.2, -0.15) is 0 Å². The third kappa shape index (κ3) is 5.92. The molecule has 1 aromatic carbocycles. The maximum absolute atomic E-state index is 9.00. The first-order valence-corrected chi connectivity index (χ1v) is 5.39. The lowest BCUT2D eigenvalue weighted by atomic mass is 10.0. The van der Waals surface area contributed by atoms with E-state index in [0.29, 0.717) is 5.92 Å². The number of aliphatic carboxylic acids is 1. The molecule has 1 rings (SSSR count). The Kier molecular flexibility index (Phi) is 6.98. The van der Waals surface area contributed by atoms with E-state index in [2.05, 4.69) is 13.8 Å². The van der Waals surface area contributed by atoms with Gasteiger partial charge in [0.2, 0.25) is 0 Å². The molecule has 2 N–H and O–H groups in total. The molecule has 17 heavy (non-hydrogen) atoms. The van der Waals surface area contributed by atoms with Crippen molar-refractivity contribution in [3.8, 4) is 5.75 Å². The molecule has 0 aliphatic heterocycles. The minimum absolute atomic E-state index is 0.0642. The minimum atomic E-state index is -0.833. The smallest absolute Gasteiger partial charge is 0.300 e. The highest BCUT2D eigenvalue weighted by Crippen LogP contribution is 2.27. The lowest BCUT2D eigenvalue weighted by Gasteiger charge is -2.12. The number of rotatable bonds is 3. The number of aliphatic hydroxyl groups excluding tert-OH is 1. The second-order valence-corrected chi connectivity index (χ2v) is 3.91. The molecular formula is C13H20O4. The Morgan fingerprint density at radius 2 is 1.94 bits per heavy atom. The van der Waals surface area contributed by atoms with Gasteiger partial charge in [0.1, 0.15) is 5.75 Å². The average Bonchev–Trinajstić information content (AvgIpc) is 2.27. The van der Waals surface area contributed by atoms with Crippen molar-refractivity contribution in [3.63, 3.8) is 0 Å². The number of ether oxygens (including phenoxy) is 1. The van der Waals surface area contributed by atoms with Crippen LogP contribution in [0.3, 0.4) is 0 Å². The van der Waals surface area contributed by atoms with Gasteiger partial charge >= 0.3 is 0 Å². The number of hydrogen-bond donors (Lipinski definition) is 2. The van der Waals surface area contributed by atoms with Crippen LogP contribution in [-0.2, 0) is 11.4 Å². The fraction of sp³-hybridized carbons (Fsp3) is 0.462. The van der Waals surface area contributed by atoms with E-state index in [0.717, 1.165) is 18.2 Å². The first-order chi connectivity index (χ1) is 7.92. The van der Waals surface area contributed by atoms with Gasteiger partial charge in [-0.25, -0.2) is 0 Å². The molecular weight excluding hydrogens is 220 g/mol. The summed E-state index contributed by atoms with van der Waals surface area (Å²) in [5.74, 6) is 0.476. The van der Waals surface area contributed by atoms with Gasteiger partial charge in [0.15, 0.2) is 0 Å². The van der Waals surface area contributed by atoms with Gasteiger partial charge in [0, 0.05) is 6.92 Å². The zero-order chi connectivity index (χ0) is 13.4. The molecule has 0 fully saturated rings. The van der Waals surface area contributed by atoms with Gasteiger partial charge in [-0.1, -0.05) is 26.0 Å². The molecule has 1 aromatic rings. The Morgan fingerprint density at radius 3 is 2.29 bits per heavy atom. The van der Waals surface area contributed by atoms with Crippen LogP contribution < -0.4 is 4.74 Å². The fourth-order valence-electron chi connectivity index (χ4n) is 1.33. The van der Waals surface area contributed by atoms with Crippen molar-refractivity contribution in [2.45, 2.75) is 33.3 Å². The summed E-state index contributed by atoms with van der Waals surface area (Å²) in [5, 5.41) is 16.3. The third-order valence-electron chi connectivity index (χ3n) is 2.10. The standard InChI is InChI=1S/C11H16O2.C2H4O2/c1-8(2)10-5-4-9(7-12)6-11(10)13-3;1-2(3)4/h4-6,8,12H,7H2,1-3H3;1H3,(H,3,4). The Hall–Kier alpha value is -1.55. The number of benzene rings is 1. The first-order valence-electron chi connectivity index (χ1n) is 5.39. The number of carboxylic acid groups (broad SMARTS) is 1. The van der Waals surface area contributed by atoms with Gasteiger partial charge in [0.25, 0.3) is 5.97 Å². The number of carbonyl (C=O) groups is 1. The quantitative estimate of drug-likeness (QED) is 0.851. The van der Waals surface area contributed by atoms with E-state index < -0.39 is 5.97 Å². The maximum Gasteiger partial charge on any atom is 0.300 e. The molecule has 0 heterocycles. The number of methoxy groups -OCH3 is 1. The van der Waals surface area contributed by atoms with Crippen LogP contribution in [-0.4, -0.2) is 23.3 Å². The summed E-state index contributed by atoms with van der Waals surface area (Å²) in [7, 11) is 1.66. The highest BCUT2D eigenvalue weighted by Gasteiger charge is 2.07. The Morgan fingerprint density at radius 1 is 1.41 bits per heavy atom. The largest absolute Gasteiger partial charge is 0.496 e. The molecule has 0 aliphatic rings. The molecule has 0 spiro atoms. The Bertz CT molecular complexity index is 354. The summed E-state index contributed by atoms with van der Waals surface area (Å²) in [5.41, 5.74) is 2.07. The maximum atomic E-state index is 9.00. The van der Waals surface area contributed by atoms with Crippen LogP contribution in [0.5, 0.6) is 5.75 Å². The van der Waals surface area contributed by atoms with Gasteiger partial charge in [-0.05, 0) is 23.1 Å². The summed E-state index contributed by atoms with van der Waals surface area (Å²) in [4.78, 5) is 9.00. The summed E-state index contributed by atoms with van der Waals surface area (Å²) in [6.45, 7) is 5.39. The number of aliphatic hydroxyl groups is 1. The van der Waals surface area contributed by atoms with E-state index in [1.165, 1.54) is 5.56 Å². The third-order valence-corrected chi connectivity index (χ3v) is 2.10. The predicted molar refractivity (Wildman–Crippen MR) is 66.3 cm³/mol. The van der Waals surface area contributed by atoms with Crippen LogP contribution in [0.25, 0.3) is 0 Å². The van der Waals surface area contributed by atoms with Crippen molar-refractivity contribution in [1.82, 2.24) is 0 Å². The zero-order valence-corrected chi connectivity index (χ0v) is 10.7. The van der Waals surface area contributed by atoms with E-state index in [-0.39, 0.29) is 6.61 Å². The van der Waals surface area contributed by atoms with Crippen LogP contribution >= 0.6 is 0 Å². The van der Waals surface area contributed by atoms with E-state index in [9.17, 15) is 0 Å². The summed E-state index contributed by atoms with van der Waals surface area (Å²) < 4.78 is 5.24. The molecule has 0 unspecified atom stereocenters. The summed E-state index contributed by atoms with van der Waals surface area (Å²) >= 11 is 0. The molecule has 0 aliphatic carbocycles. The molecule has 4 nitrogen and oxygen atoms in total. The molecule has 0 atom stereocenters. The SMILES string of the molecule is CC(=O)O.COc1cc(CO)ccc1C(C)C. The van der Waals surface area contributed by atoms with E-state index >= 15 is 0 Å². The molecule has 0 saturated carbocycles. The van der Waals surface area contributed by atoms with Gasteiger partial charge < -0.3 is 14.9 Å². The molecule has 0 aromatic heterocycles. The van der Waals surface area contributed by atoms with Crippen molar-refractivity contribution < 1.29 is 19.7 Å². The van der Waals surface area contributed by atoms with Crippen molar-refractivity contribution in [3.05, 3.63) is 29.3 Å². The van der Waals surface area contributed by atoms with Crippen LogP contribution in [0, 0.1) is 0 Å². The van der Waals surface area contributed by atoms with Crippen molar-refractivity contribution in [2.24, 2.45) is 0 Å². The van der Waals surface area contributed by atoms with Gasteiger partial charge in [-0.15, -0.1) is 0 Å².